The molecule has 0 amide bonds. The van der Waals surface area contributed by atoms with Crippen LogP contribution in [0.1, 0.15) is 29.8 Å². The number of carbonyl (C=O) groups is 2. The Morgan fingerprint density at radius 2 is 1.82 bits per heavy atom. The first-order valence-corrected chi connectivity index (χ1v) is 11.9. The van der Waals surface area contributed by atoms with E-state index in [9.17, 15) is 9.59 Å². The average molecular weight is 469 g/mol. The zero-order valence-electron chi connectivity index (χ0n) is 19.2. The lowest BCUT2D eigenvalue weighted by Gasteiger charge is -2.23. The summed E-state index contributed by atoms with van der Waals surface area (Å²) >= 11 is 1.55. The first-order valence-electron chi connectivity index (χ1n) is 11.1. The summed E-state index contributed by atoms with van der Waals surface area (Å²) in [6.45, 7) is 3.86. The zero-order chi connectivity index (χ0) is 23.9. The lowest BCUT2D eigenvalue weighted by atomic mass is 9.83. The topological polar surface area (TPSA) is 59.5 Å². The summed E-state index contributed by atoms with van der Waals surface area (Å²) < 4.78 is 5.49. The highest BCUT2D eigenvalue weighted by atomic mass is 32.1. The number of carbonyl (C=O) groups excluding carboxylic acids is 2. The van der Waals surface area contributed by atoms with E-state index in [4.69, 9.17) is 4.74 Å². The van der Waals surface area contributed by atoms with E-state index in [0.717, 1.165) is 21.8 Å². The van der Waals surface area contributed by atoms with Gasteiger partial charge in [0, 0.05) is 35.3 Å². The second-order valence-corrected chi connectivity index (χ2v) is 9.77. The van der Waals surface area contributed by atoms with Crippen molar-refractivity contribution in [1.29, 1.82) is 0 Å². The van der Waals surface area contributed by atoms with Crippen LogP contribution in [0, 0.1) is 0 Å². The Morgan fingerprint density at radius 1 is 1.06 bits per heavy atom. The molecule has 0 unspecified atom stereocenters. The smallest absolute Gasteiger partial charge is 0.339 e. The Labute approximate surface area is 202 Å². The van der Waals surface area contributed by atoms with Crippen molar-refractivity contribution < 1.29 is 14.3 Å². The van der Waals surface area contributed by atoms with Crippen molar-refractivity contribution in [2.24, 2.45) is 0 Å². The van der Waals surface area contributed by atoms with Crippen molar-refractivity contribution in [3.63, 3.8) is 0 Å². The molecule has 3 heterocycles. The molecule has 6 heteroatoms. The van der Waals surface area contributed by atoms with Gasteiger partial charge in [0.1, 0.15) is 0 Å². The van der Waals surface area contributed by atoms with Gasteiger partial charge in [-0.3, -0.25) is 4.79 Å². The fourth-order valence-electron chi connectivity index (χ4n) is 4.56. The van der Waals surface area contributed by atoms with Crippen LogP contribution < -0.4 is 4.90 Å². The summed E-state index contributed by atoms with van der Waals surface area (Å²) in [4.78, 5) is 33.6. The van der Waals surface area contributed by atoms with Gasteiger partial charge in [-0.15, -0.1) is 11.3 Å². The Kier molecular flexibility index (Phi) is 5.54. The van der Waals surface area contributed by atoms with Crippen LogP contribution in [0.2, 0.25) is 0 Å². The van der Waals surface area contributed by atoms with Crippen molar-refractivity contribution >= 4 is 39.7 Å². The fraction of sp³-hybridized carbons (Fsp3) is 0.179. The molecule has 4 aromatic rings. The van der Waals surface area contributed by atoms with E-state index in [1.165, 1.54) is 0 Å². The number of ketones is 1. The second-order valence-electron chi connectivity index (χ2n) is 8.82. The van der Waals surface area contributed by atoms with Crippen molar-refractivity contribution in [3.05, 3.63) is 95.0 Å². The van der Waals surface area contributed by atoms with Gasteiger partial charge in [-0.25, -0.2) is 9.78 Å². The normalized spacial score (nSPS) is 15.5. The summed E-state index contributed by atoms with van der Waals surface area (Å²) in [6.07, 6.45) is 1.59. The Hall–Kier alpha value is -3.77. The number of benzene rings is 2. The highest BCUT2D eigenvalue weighted by Gasteiger charge is 2.38. The van der Waals surface area contributed by atoms with Crippen LogP contribution in [0.15, 0.2) is 83.9 Å². The molecule has 0 spiro atoms. The van der Waals surface area contributed by atoms with Gasteiger partial charge in [-0.2, -0.15) is 0 Å². The molecule has 2 aromatic heterocycles. The minimum absolute atomic E-state index is 0.257. The molecule has 0 atom stereocenters. The van der Waals surface area contributed by atoms with Crippen LogP contribution in [0.5, 0.6) is 0 Å². The summed E-state index contributed by atoms with van der Waals surface area (Å²) in [5.41, 5.74) is 4.62. The molecule has 34 heavy (non-hydrogen) atoms. The number of para-hydroxylation sites is 2. The van der Waals surface area contributed by atoms with Crippen molar-refractivity contribution in [2.75, 3.05) is 18.6 Å². The number of esters is 1. The highest BCUT2D eigenvalue weighted by molar-refractivity contribution is 7.13. The molecule has 0 saturated heterocycles. The Morgan fingerprint density at radius 3 is 2.59 bits per heavy atom. The molecule has 5 rings (SSSR count). The van der Waals surface area contributed by atoms with Gasteiger partial charge in [-0.05, 0) is 35.2 Å². The van der Waals surface area contributed by atoms with E-state index in [0.29, 0.717) is 22.2 Å². The largest absolute Gasteiger partial charge is 0.454 e. The number of fused-ring (bicyclic) bond motifs is 2. The maximum absolute atomic E-state index is 13.1. The molecule has 0 radical (unpaired) electrons. The molecule has 1 aliphatic heterocycles. The predicted octanol–water partition coefficient (Wildman–Crippen LogP) is 6.00. The van der Waals surface area contributed by atoms with Gasteiger partial charge in [0.25, 0.3) is 0 Å². The van der Waals surface area contributed by atoms with E-state index < -0.39 is 5.97 Å². The van der Waals surface area contributed by atoms with E-state index in [1.54, 1.807) is 23.5 Å². The Bertz CT molecular complexity index is 1440. The van der Waals surface area contributed by atoms with Gasteiger partial charge in [-0.1, -0.05) is 56.3 Å². The van der Waals surface area contributed by atoms with Gasteiger partial charge < -0.3 is 9.64 Å². The predicted molar refractivity (Wildman–Crippen MR) is 136 cm³/mol. The maximum atomic E-state index is 13.1. The van der Waals surface area contributed by atoms with Gasteiger partial charge in [0.2, 0.25) is 0 Å². The van der Waals surface area contributed by atoms with Crippen molar-refractivity contribution in [1.82, 2.24) is 4.98 Å². The number of nitrogens with zero attached hydrogens (tertiary/aromatic N) is 2. The molecule has 0 aliphatic carbocycles. The molecule has 5 nitrogen and oxygen atoms in total. The fourth-order valence-corrected chi connectivity index (χ4v) is 5.25. The third-order valence-corrected chi connectivity index (χ3v) is 7.19. The highest BCUT2D eigenvalue weighted by Crippen LogP contribution is 2.46. The van der Waals surface area contributed by atoms with E-state index in [-0.39, 0.29) is 17.8 Å². The minimum Gasteiger partial charge on any atom is -0.454 e. The average Bonchev–Trinajstić information content (AvgIpc) is 3.45. The SMILES string of the molecule is CN1C(=CC(=O)COC(=O)c2cc(-c3cccs3)nc3ccccc23)C(C)(C)c2ccccc21. The Balaban J connectivity index is 1.39. The minimum atomic E-state index is -0.537. The van der Waals surface area contributed by atoms with Crippen LogP contribution in [-0.4, -0.2) is 30.4 Å². The number of likely N-dealkylation sites (N-methyl/N-ethyl adjacent to an activating group) is 1. The lowest BCUT2D eigenvalue weighted by Crippen LogP contribution is -2.25. The third-order valence-electron chi connectivity index (χ3n) is 6.29. The summed E-state index contributed by atoms with van der Waals surface area (Å²) in [5, 5.41) is 2.67. The van der Waals surface area contributed by atoms with Crippen LogP contribution in [0.3, 0.4) is 0 Å². The first kappa shape index (κ1) is 22.0. The van der Waals surface area contributed by atoms with E-state index in [2.05, 4.69) is 24.9 Å². The van der Waals surface area contributed by atoms with Crippen LogP contribution >= 0.6 is 11.3 Å². The molecule has 170 valence electrons. The molecule has 2 aromatic carbocycles. The van der Waals surface area contributed by atoms with Gasteiger partial charge in [0.15, 0.2) is 12.4 Å². The number of hydrogen-bond donors (Lipinski definition) is 0. The van der Waals surface area contributed by atoms with Crippen LogP contribution in [0.25, 0.3) is 21.5 Å². The number of thiophene rings is 1. The number of pyridine rings is 1. The van der Waals surface area contributed by atoms with Crippen molar-refractivity contribution in [3.8, 4) is 10.6 Å². The number of ether oxygens (including phenoxy) is 1. The van der Waals surface area contributed by atoms with Gasteiger partial charge >= 0.3 is 5.97 Å². The first-order chi connectivity index (χ1) is 16.4. The zero-order valence-corrected chi connectivity index (χ0v) is 20.1. The molecule has 1 aliphatic rings. The van der Waals surface area contributed by atoms with E-state index in [1.807, 2.05) is 71.9 Å². The third kappa shape index (κ3) is 3.80. The second kappa shape index (κ2) is 8.54. The number of rotatable bonds is 5. The van der Waals surface area contributed by atoms with Gasteiger partial charge in [0.05, 0.1) is 21.7 Å². The quantitative estimate of drug-likeness (QED) is 0.266. The summed E-state index contributed by atoms with van der Waals surface area (Å²) in [7, 11) is 1.95. The van der Waals surface area contributed by atoms with E-state index >= 15 is 0 Å². The lowest BCUT2D eigenvalue weighted by molar-refractivity contribution is -0.117. The molecular weight excluding hydrogens is 444 g/mol. The molecular formula is C28H24N2O3S. The number of allylic oxidation sites excluding steroid dienone is 1. The van der Waals surface area contributed by atoms with Crippen LogP contribution in [-0.2, 0) is 14.9 Å². The molecule has 0 N–H and O–H groups in total. The molecule has 0 saturated carbocycles. The number of aromatic nitrogens is 1. The number of anilines is 1. The van der Waals surface area contributed by atoms with Crippen molar-refractivity contribution in [2.45, 2.75) is 19.3 Å². The maximum Gasteiger partial charge on any atom is 0.339 e. The number of hydrogen-bond acceptors (Lipinski definition) is 6. The van der Waals surface area contributed by atoms with Crippen LogP contribution in [0.4, 0.5) is 5.69 Å². The summed E-state index contributed by atoms with van der Waals surface area (Å²) in [5.74, 6) is -0.793. The monoisotopic (exact) mass is 468 g/mol. The summed E-state index contributed by atoms with van der Waals surface area (Å²) in [6, 6.07) is 21.2. The standard InChI is InChI=1S/C28H24N2O3S/c1-28(2)21-10-5-7-12-24(21)30(3)26(28)15-18(31)17-33-27(32)20-16-23(25-13-8-14-34-25)29-22-11-6-4-9-19(20)22/h4-16H,17H2,1-3H3. The molecule has 0 bridgehead atoms. The molecule has 0 fully saturated rings.